The molecule has 1 heterocycles. The highest BCUT2D eigenvalue weighted by atomic mass is 79.9. The summed E-state index contributed by atoms with van der Waals surface area (Å²) in [6.45, 7) is 0.367. The van der Waals surface area contributed by atoms with E-state index in [9.17, 15) is 14.9 Å². The quantitative estimate of drug-likeness (QED) is 0.688. The lowest BCUT2D eigenvalue weighted by molar-refractivity contribution is -0.385. The van der Waals surface area contributed by atoms with Gasteiger partial charge in [0.1, 0.15) is 0 Å². The van der Waals surface area contributed by atoms with E-state index >= 15 is 0 Å². The van der Waals surface area contributed by atoms with Crippen molar-refractivity contribution in [2.75, 3.05) is 0 Å². The monoisotopic (exact) mass is 337 g/mol. The summed E-state index contributed by atoms with van der Waals surface area (Å²) in [6, 6.07) is 8.06. The van der Waals surface area contributed by atoms with Gasteiger partial charge in [0.05, 0.1) is 15.9 Å². The van der Waals surface area contributed by atoms with Gasteiger partial charge in [0, 0.05) is 30.6 Å². The highest BCUT2D eigenvalue weighted by molar-refractivity contribution is 9.10. The van der Waals surface area contributed by atoms with Crippen molar-refractivity contribution in [2.24, 2.45) is 7.05 Å². The lowest BCUT2D eigenvalue weighted by Crippen LogP contribution is -2.23. The normalized spacial score (nSPS) is 10.3. The standard InChI is InChI=1S/C13H12BrN3O3/c1-16-6-2-3-10(16)8-15-13(18)9-4-5-11(14)12(7-9)17(19)20/h2-7H,8H2,1H3,(H,15,18). The molecule has 1 amide bonds. The molecule has 20 heavy (non-hydrogen) atoms. The lowest BCUT2D eigenvalue weighted by Gasteiger charge is -2.06. The van der Waals surface area contributed by atoms with Gasteiger partial charge in [0.25, 0.3) is 11.6 Å². The van der Waals surface area contributed by atoms with Crippen molar-refractivity contribution in [3.63, 3.8) is 0 Å². The molecule has 0 aliphatic rings. The summed E-state index contributed by atoms with van der Waals surface area (Å²) in [5.41, 5.74) is 1.08. The molecule has 1 aromatic heterocycles. The van der Waals surface area contributed by atoms with E-state index in [0.717, 1.165) is 5.69 Å². The Morgan fingerprint density at radius 1 is 1.45 bits per heavy atom. The summed E-state index contributed by atoms with van der Waals surface area (Å²) >= 11 is 3.08. The van der Waals surface area contributed by atoms with E-state index in [0.29, 0.717) is 11.0 Å². The second-order valence-corrected chi connectivity index (χ2v) is 5.07. The van der Waals surface area contributed by atoms with Crippen LogP contribution in [0.25, 0.3) is 0 Å². The molecule has 0 radical (unpaired) electrons. The number of aryl methyl sites for hydroxylation is 1. The van der Waals surface area contributed by atoms with Crippen LogP contribution in [0.1, 0.15) is 16.1 Å². The van der Waals surface area contributed by atoms with E-state index in [-0.39, 0.29) is 17.2 Å². The molecule has 0 aliphatic heterocycles. The number of aromatic nitrogens is 1. The first-order valence-electron chi connectivity index (χ1n) is 5.81. The van der Waals surface area contributed by atoms with E-state index in [1.165, 1.54) is 18.2 Å². The molecule has 0 unspecified atom stereocenters. The molecule has 2 aromatic rings. The number of benzene rings is 1. The van der Waals surface area contributed by atoms with Gasteiger partial charge in [-0.05, 0) is 40.2 Å². The summed E-state index contributed by atoms with van der Waals surface area (Å²) in [4.78, 5) is 22.3. The smallest absolute Gasteiger partial charge is 0.284 e. The summed E-state index contributed by atoms with van der Waals surface area (Å²) < 4.78 is 2.24. The predicted molar refractivity (Wildman–Crippen MR) is 77.4 cm³/mol. The molecular formula is C13H12BrN3O3. The summed E-state index contributed by atoms with van der Waals surface area (Å²) in [5, 5.41) is 13.6. The van der Waals surface area contributed by atoms with Gasteiger partial charge in [-0.25, -0.2) is 0 Å². The maximum absolute atomic E-state index is 12.0. The van der Waals surface area contributed by atoms with Crippen LogP contribution < -0.4 is 5.32 Å². The number of nitrogens with zero attached hydrogens (tertiary/aromatic N) is 2. The van der Waals surface area contributed by atoms with Crippen LogP contribution in [0, 0.1) is 10.1 Å². The number of nitrogens with one attached hydrogen (secondary N) is 1. The van der Waals surface area contributed by atoms with Gasteiger partial charge in [-0.2, -0.15) is 0 Å². The Balaban J connectivity index is 2.12. The summed E-state index contributed by atoms with van der Waals surface area (Å²) in [7, 11) is 1.88. The topological polar surface area (TPSA) is 77.2 Å². The molecule has 1 N–H and O–H groups in total. The summed E-state index contributed by atoms with van der Waals surface area (Å²) in [5.74, 6) is -0.346. The van der Waals surface area contributed by atoms with Crippen LogP contribution >= 0.6 is 15.9 Å². The Hall–Kier alpha value is -2.15. The van der Waals surface area contributed by atoms with Crippen LogP contribution in [0.2, 0.25) is 0 Å². The van der Waals surface area contributed by atoms with Crippen LogP contribution in [0.15, 0.2) is 41.0 Å². The third kappa shape index (κ3) is 3.05. The van der Waals surface area contributed by atoms with E-state index in [2.05, 4.69) is 21.2 Å². The Morgan fingerprint density at radius 2 is 2.20 bits per heavy atom. The third-order valence-electron chi connectivity index (χ3n) is 2.89. The second-order valence-electron chi connectivity index (χ2n) is 4.22. The minimum Gasteiger partial charge on any atom is -0.353 e. The fourth-order valence-corrected chi connectivity index (χ4v) is 2.14. The number of carbonyl (C=O) groups is 1. The van der Waals surface area contributed by atoms with Crippen LogP contribution in [0.3, 0.4) is 0 Å². The molecule has 104 valence electrons. The maximum atomic E-state index is 12.0. The predicted octanol–water partition coefficient (Wildman–Crippen LogP) is 2.63. The van der Waals surface area contributed by atoms with Crippen LogP contribution in [0.5, 0.6) is 0 Å². The van der Waals surface area contributed by atoms with Crippen LogP contribution in [-0.2, 0) is 13.6 Å². The highest BCUT2D eigenvalue weighted by Gasteiger charge is 2.15. The third-order valence-corrected chi connectivity index (χ3v) is 3.56. The average Bonchev–Trinajstić information content (AvgIpc) is 2.81. The molecule has 6 nitrogen and oxygen atoms in total. The number of hydrogen-bond acceptors (Lipinski definition) is 3. The fraction of sp³-hybridized carbons (Fsp3) is 0.154. The van der Waals surface area contributed by atoms with E-state index in [4.69, 9.17) is 0 Å². The van der Waals surface area contributed by atoms with Crippen molar-refractivity contribution in [3.8, 4) is 0 Å². The van der Waals surface area contributed by atoms with E-state index < -0.39 is 4.92 Å². The number of hydrogen-bond donors (Lipinski definition) is 1. The minimum absolute atomic E-state index is 0.128. The number of nitro benzene ring substituents is 1. The number of amides is 1. The van der Waals surface area contributed by atoms with Crippen LogP contribution in [-0.4, -0.2) is 15.4 Å². The van der Waals surface area contributed by atoms with Crippen molar-refractivity contribution in [1.29, 1.82) is 0 Å². The van der Waals surface area contributed by atoms with Crippen molar-refractivity contribution in [1.82, 2.24) is 9.88 Å². The van der Waals surface area contributed by atoms with Gasteiger partial charge in [0.15, 0.2) is 0 Å². The zero-order valence-electron chi connectivity index (χ0n) is 10.7. The van der Waals surface area contributed by atoms with Crippen LogP contribution in [0.4, 0.5) is 5.69 Å². The fourth-order valence-electron chi connectivity index (χ4n) is 1.75. The molecule has 0 spiro atoms. The Kier molecular flexibility index (Phi) is 4.19. The molecule has 1 aromatic carbocycles. The molecule has 0 saturated heterocycles. The lowest BCUT2D eigenvalue weighted by atomic mass is 10.2. The van der Waals surface area contributed by atoms with Gasteiger partial charge in [0.2, 0.25) is 0 Å². The zero-order chi connectivity index (χ0) is 14.7. The molecule has 0 saturated carbocycles. The first kappa shape index (κ1) is 14.3. The van der Waals surface area contributed by atoms with Crippen molar-refractivity contribution < 1.29 is 9.72 Å². The number of halogens is 1. The largest absolute Gasteiger partial charge is 0.353 e. The van der Waals surface area contributed by atoms with E-state index in [1.54, 1.807) is 0 Å². The average molecular weight is 338 g/mol. The molecule has 2 rings (SSSR count). The number of carbonyl (C=O) groups excluding carboxylic acids is 1. The Morgan fingerprint density at radius 3 is 2.80 bits per heavy atom. The number of rotatable bonds is 4. The van der Waals surface area contributed by atoms with Gasteiger partial charge >= 0.3 is 0 Å². The highest BCUT2D eigenvalue weighted by Crippen LogP contribution is 2.25. The molecule has 0 atom stereocenters. The van der Waals surface area contributed by atoms with Crippen molar-refractivity contribution in [2.45, 2.75) is 6.54 Å². The SMILES string of the molecule is Cn1cccc1CNC(=O)c1ccc(Br)c([N+](=O)[O-])c1. The molecule has 0 bridgehead atoms. The second kappa shape index (κ2) is 5.87. The van der Waals surface area contributed by atoms with Crippen molar-refractivity contribution in [3.05, 3.63) is 62.4 Å². The Labute approximate surface area is 123 Å². The van der Waals surface area contributed by atoms with Gasteiger partial charge in [-0.1, -0.05) is 0 Å². The molecule has 0 aliphatic carbocycles. The molecule has 7 heteroatoms. The van der Waals surface area contributed by atoms with Gasteiger partial charge < -0.3 is 9.88 Å². The first-order valence-corrected chi connectivity index (χ1v) is 6.60. The van der Waals surface area contributed by atoms with Gasteiger partial charge in [-0.15, -0.1) is 0 Å². The Bertz CT molecular complexity index is 667. The molecule has 0 fully saturated rings. The summed E-state index contributed by atoms with van der Waals surface area (Å²) in [6.07, 6.45) is 1.88. The number of nitro groups is 1. The zero-order valence-corrected chi connectivity index (χ0v) is 12.3. The maximum Gasteiger partial charge on any atom is 0.284 e. The first-order chi connectivity index (χ1) is 9.49. The van der Waals surface area contributed by atoms with E-state index in [1.807, 2.05) is 29.9 Å². The minimum atomic E-state index is -0.530. The van der Waals surface area contributed by atoms with Crippen molar-refractivity contribution >= 4 is 27.5 Å². The molecular weight excluding hydrogens is 326 g/mol. The van der Waals surface area contributed by atoms with Gasteiger partial charge in [-0.3, -0.25) is 14.9 Å².